The molecule has 0 aromatic carbocycles. The standard InChI is InChI=1S/C13H22N4O3S/c1-16(2)13-15-11(14)10(21-13)12(19)17-5-3-9(4-6-17)20-8-7-18/h9,18H,3-8,14H2,1-2H3. The van der Waals surface area contributed by atoms with Gasteiger partial charge in [0.2, 0.25) is 0 Å². The van der Waals surface area contributed by atoms with Crippen molar-refractivity contribution < 1.29 is 14.6 Å². The molecule has 2 heterocycles. The maximum absolute atomic E-state index is 12.5. The molecule has 0 bridgehead atoms. The molecule has 0 atom stereocenters. The van der Waals surface area contributed by atoms with Crippen LogP contribution in [0.4, 0.5) is 10.9 Å². The highest BCUT2D eigenvalue weighted by atomic mass is 32.1. The summed E-state index contributed by atoms with van der Waals surface area (Å²) in [6.45, 7) is 1.67. The maximum Gasteiger partial charge on any atom is 0.267 e. The third kappa shape index (κ3) is 3.84. The number of carbonyl (C=O) groups excluding carboxylic acids is 1. The highest BCUT2D eigenvalue weighted by Gasteiger charge is 2.27. The molecule has 1 saturated heterocycles. The number of nitrogens with two attached hydrogens (primary N) is 1. The number of aliphatic hydroxyl groups excluding tert-OH is 1. The van der Waals surface area contributed by atoms with Crippen LogP contribution in [-0.2, 0) is 4.74 Å². The fourth-order valence-corrected chi connectivity index (χ4v) is 3.13. The lowest BCUT2D eigenvalue weighted by molar-refractivity contribution is -0.00543. The van der Waals surface area contributed by atoms with Crippen LogP contribution in [0.5, 0.6) is 0 Å². The van der Waals surface area contributed by atoms with Crippen molar-refractivity contribution in [1.29, 1.82) is 0 Å². The van der Waals surface area contributed by atoms with Crippen molar-refractivity contribution in [1.82, 2.24) is 9.88 Å². The zero-order chi connectivity index (χ0) is 15.4. The molecule has 1 aliphatic heterocycles. The Hall–Kier alpha value is -1.38. The lowest BCUT2D eigenvalue weighted by atomic mass is 10.1. The van der Waals surface area contributed by atoms with Crippen molar-refractivity contribution in [3.8, 4) is 0 Å². The molecular weight excluding hydrogens is 292 g/mol. The fraction of sp³-hybridized carbons (Fsp3) is 0.692. The van der Waals surface area contributed by atoms with E-state index in [0.29, 0.717) is 30.4 Å². The van der Waals surface area contributed by atoms with Gasteiger partial charge in [0.1, 0.15) is 10.7 Å². The van der Waals surface area contributed by atoms with Crippen molar-refractivity contribution in [3.63, 3.8) is 0 Å². The summed E-state index contributed by atoms with van der Waals surface area (Å²) in [6, 6.07) is 0. The molecule has 1 amide bonds. The van der Waals surface area contributed by atoms with Crippen molar-refractivity contribution in [3.05, 3.63) is 4.88 Å². The molecule has 0 radical (unpaired) electrons. The van der Waals surface area contributed by atoms with E-state index in [4.69, 9.17) is 15.6 Å². The molecule has 21 heavy (non-hydrogen) atoms. The number of aliphatic hydroxyl groups is 1. The van der Waals surface area contributed by atoms with Gasteiger partial charge in [0.05, 0.1) is 19.3 Å². The van der Waals surface area contributed by atoms with E-state index in [2.05, 4.69) is 4.98 Å². The van der Waals surface area contributed by atoms with Crippen molar-refractivity contribution in [2.75, 3.05) is 51.0 Å². The van der Waals surface area contributed by atoms with Crippen LogP contribution in [0.25, 0.3) is 0 Å². The maximum atomic E-state index is 12.5. The van der Waals surface area contributed by atoms with Gasteiger partial charge in [0.25, 0.3) is 5.91 Å². The summed E-state index contributed by atoms with van der Waals surface area (Å²) in [5.41, 5.74) is 5.85. The summed E-state index contributed by atoms with van der Waals surface area (Å²) >= 11 is 1.32. The Kier molecular flexibility index (Phi) is 5.38. The predicted molar refractivity (Wildman–Crippen MR) is 82.8 cm³/mol. The molecule has 3 N–H and O–H groups in total. The second-order valence-corrected chi connectivity index (χ2v) is 6.17. The number of likely N-dealkylation sites (tertiary alicyclic amines) is 1. The Bertz CT molecular complexity index is 484. The Morgan fingerprint density at radius 1 is 1.52 bits per heavy atom. The third-order valence-electron chi connectivity index (χ3n) is 3.39. The number of nitrogen functional groups attached to an aromatic ring is 1. The van der Waals surface area contributed by atoms with Gasteiger partial charge in [0.15, 0.2) is 5.13 Å². The Labute approximate surface area is 128 Å². The fourth-order valence-electron chi connectivity index (χ4n) is 2.25. The molecule has 118 valence electrons. The zero-order valence-corrected chi connectivity index (χ0v) is 13.2. The van der Waals surface area contributed by atoms with E-state index < -0.39 is 0 Å². The van der Waals surface area contributed by atoms with Gasteiger partial charge in [-0.3, -0.25) is 4.79 Å². The van der Waals surface area contributed by atoms with E-state index in [0.717, 1.165) is 18.0 Å². The number of carbonyl (C=O) groups is 1. The van der Waals surface area contributed by atoms with Gasteiger partial charge in [-0.2, -0.15) is 0 Å². The van der Waals surface area contributed by atoms with Gasteiger partial charge >= 0.3 is 0 Å². The summed E-state index contributed by atoms with van der Waals surface area (Å²) in [6.07, 6.45) is 1.69. The summed E-state index contributed by atoms with van der Waals surface area (Å²) in [7, 11) is 3.74. The number of piperidine rings is 1. The van der Waals surface area contributed by atoms with E-state index >= 15 is 0 Å². The monoisotopic (exact) mass is 314 g/mol. The summed E-state index contributed by atoms with van der Waals surface area (Å²) in [5.74, 6) is 0.242. The molecule has 1 aromatic heterocycles. The summed E-state index contributed by atoms with van der Waals surface area (Å²) in [5, 5.41) is 9.48. The van der Waals surface area contributed by atoms with Crippen LogP contribution in [-0.4, -0.2) is 67.4 Å². The van der Waals surface area contributed by atoms with Gasteiger partial charge in [-0.1, -0.05) is 11.3 Å². The number of hydrogen-bond donors (Lipinski definition) is 2. The smallest absolute Gasteiger partial charge is 0.267 e. The van der Waals surface area contributed by atoms with Gasteiger partial charge < -0.3 is 25.4 Å². The molecule has 1 aromatic rings. The van der Waals surface area contributed by atoms with Crippen LogP contribution < -0.4 is 10.6 Å². The first-order chi connectivity index (χ1) is 10.0. The van der Waals surface area contributed by atoms with Crippen LogP contribution >= 0.6 is 11.3 Å². The van der Waals surface area contributed by atoms with E-state index in [9.17, 15) is 4.79 Å². The first-order valence-corrected chi connectivity index (χ1v) is 7.80. The molecule has 2 rings (SSSR count). The molecule has 1 fully saturated rings. The topological polar surface area (TPSA) is 91.9 Å². The van der Waals surface area contributed by atoms with Gasteiger partial charge in [0, 0.05) is 27.2 Å². The lowest BCUT2D eigenvalue weighted by Crippen LogP contribution is -2.41. The first kappa shape index (κ1) is 16.0. The SMILES string of the molecule is CN(C)c1nc(N)c(C(=O)N2CCC(OCCO)CC2)s1. The Morgan fingerprint density at radius 2 is 2.19 bits per heavy atom. The number of thiazole rings is 1. The van der Waals surface area contributed by atoms with E-state index in [1.807, 2.05) is 19.0 Å². The molecule has 1 aliphatic rings. The molecular formula is C13H22N4O3S. The van der Waals surface area contributed by atoms with Crippen molar-refractivity contribution in [2.24, 2.45) is 0 Å². The molecule has 0 unspecified atom stereocenters. The predicted octanol–water partition coefficient (Wildman–Crippen LogP) is 0.405. The minimum Gasteiger partial charge on any atom is -0.394 e. The Balaban J connectivity index is 1.95. The Morgan fingerprint density at radius 3 is 2.71 bits per heavy atom. The van der Waals surface area contributed by atoms with Crippen LogP contribution in [0.3, 0.4) is 0 Å². The summed E-state index contributed by atoms with van der Waals surface area (Å²) < 4.78 is 5.50. The highest BCUT2D eigenvalue weighted by Crippen LogP contribution is 2.29. The highest BCUT2D eigenvalue weighted by molar-refractivity contribution is 7.18. The van der Waals surface area contributed by atoms with Crippen LogP contribution in [0.2, 0.25) is 0 Å². The van der Waals surface area contributed by atoms with Crippen molar-refractivity contribution in [2.45, 2.75) is 18.9 Å². The van der Waals surface area contributed by atoms with Gasteiger partial charge in [-0.15, -0.1) is 0 Å². The van der Waals surface area contributed by atoms with E-state index in [1.165, 1.54) is 11.3 Å². The summed E-state index contributed by atoms with van der Waals surface area (Å²) in [4.78, 5) is 20.8. The van der Waals surface area contributed by atoms with E-state index in [1.54, 1.807) is 4.90 Å². The van der Waals surface area contributed by atoms with Crippen LogP contribution in [0.15, 0.2) is 0 Å². The molecule has 0 saturated carbocycles. The normalized spacial score (nSPS) is 16.2. The average Bonchev–Trinajstić information content (AvgIpc) is 2.87. The lowest BCUT2D eigenvalue weighted by Gasteiger charge is -2.31. The molecule has 7 nitrogen and oxygen atoms in total. The number of hydrogen-bond acceptors (Lipinski definition) is 7. The number of nitrogens with zero attached hydrogens (tertiary/aromatic N) is 3. The zero-order valence-electron chi connectivity index (χ0n) is 12.4. The molecule has 8 heteroatoms. The second kappa shape index (κ2) is 7.06. The quantitative estimate of drug-likeness (QED) is 0.817. The minimum atomic E-state index is -0.0568. The first-order valence-electron chi connectivity index (χ1n) is 6.98. The number of aromatic nitrogens is 1. The second-order valence-electron chi connectivity index (χ2n) is 5.19. The number of amides is 1. The number of anilines is 2. The van der Waals surface area contributed by atoms with Gasteiger partial charge in [-0.05, 0) is 12.8 Å². The molecule has 0 spiro atoms. The van der Waals surface area contributed by atoms with Crippen molar-refractivity contribution >= 4 is 28.2 Å². The minimum absolute atomic E-state index is 0.0316. The van der Waals surface area contributed by atoms with Gasteiger partial charge in [-0.25, -0.2) is 4.98 Å². The molecule has 0 aliphatic carbocycles. The number of rotatable bonds is 5. The van der Waals surface area contributed by atoms with Crippen LogP contribution in [0.1, 0.15) is 22.5 Å². The largest absolute Gasteiger partial charge is 0.394 e. The number of ether oxygens (including phenoxy) is 1. The van der Waals surface area contributed by atoms with Crippen LogP contribution in [0, 0.1) is 0 Å². The third-order valence-corrected chi connectivity index (χ3v) is 4.62. The van der Waals surface area contributed by atoms with E-state index in [-0.39, 0.29) is 18.6 Å². The average molecular weight is 314 g/mol.